The van der Waals surface area contributed by atoms with Gasteiger partial charge in [-0.05, 0) is 35.9 Å². The highest BCUT2D eigenvalue weighted by Crippen LogP contribution is 2.65. The zero-order valence-corrected chi connectivity index (χ0v) is 22.1. The number of nitrogens with two attached hydrogens (primary N) is 1. The predicted molar refractivity (Wildman–Crippen MR) is 141 cm³/mol. The summed E-state index contributed by atoms with van der Waals surface area (Å²) in [4.78, 5) is 25.7. The third-order valence-electron chi connectivity index (χ3n) is 5.51. The Kier molecular flexibility index (Phi) is 7.55. The topological polar surface area (TPSA) is 84.2 Å². The Morgan fingerprint density at radius 1 is 0.861 bits per heavy atom. The molecule has 0 heterocycles. The smallest absolute Gasteiger partial charge is 0.257 e. The average molecular weight is 614 g/mol. The molecule has 2 amide bonds. The number of benzene rings is 3. The maximum absolute atomic E-state index is 14.1. The molecule has 36 heavy (non-hydrogen) atoms. The van der Waals surface area contributed by atoms with Crippen LogP contribution in [0.1, 0.15) is 21.8 Å². The second-order valence-corrected chi connectivity index (χ2v) is 11.0. The first-order chi connectivity index (χ1) is 16.8. The van der Waals surface area contributed by atoms with Gasteiger partial charge in [0.1, 0.15) is 16.0 Å². The van der Waals surface area contributed by atoms with E-state index in [1.807, 2.05) is 0 Å². The van der Waals surface area contributed by atoms with Gasteiger partial charge in [-0.1, -0.05) is 46.4 Å². The van der Waals surface area contributed by atoms with Crippen LogP contribution in [-0.2, 0) is 4.79 Å². The molecule has 3 aromatic carbocycles. The minimum atomic E-state index is -1.45. The van der Waals surface area contributed by atoms with Crippen molar-refractivity contribution in [2.24, 2.45) is 5.92 Å². The van der Waals surface area contributed by atoms with Crippen molar-refractivity contribution in [2.75, 3.05) is 16.4 Å². The molecule has 4 rings (SSSR count). The lowest BCUT2D eigenvalue weighted by Gasteiger charge is -2.11. The molecule has 0 bridgehead atoms. The summed E-state index contributed by atoms with van der Waals surface area (Å²) in [7, 11) is 0. The van der Waals surface area contributed by atoms with Crippen molar-refractivity contribution in [1.82, 2.24) is 0 Å². The van der Waals surface area contributed by atoms with Crippen molar-refractivity contribution >= 4 is 98.5 Å². The van der Waals surface area contributed by atoms with Crippen molar-refractivity contribution in [3.8, 4) is 0 Å². The van der Waals surface area contributed by atoms with Crippen LogP contribution in [0.3, 0.4) is 0 Å². The highest BCUT2D eigenvalue weighted by atomic mass is 35.5. The molecule has 0 saturated heterocycles. The van der Waals surface area contributed by atoms with Crippen LogP contribution in [-0.4, -0.2) is 16.1 Å². The fraction of sp³-hybridized carbons (Fsp3) is 0.130. The van der Waals surface area contributed by atoms with Gasteiger partial charge >= 0.3 is 0 Å². The summed E-state index contributed by atoms with van der Waals surface area (Å²) in [5, 5.41) is 5.37. The van der Waals surface area contributed by atoms with Crippen LogP contribution in [0.2, 0.25) is 20.1 Å². The summed E-state index contributed by atoms with van der Waals surface area (Å²) in [5.74, 6) is -4.76. The van der Waals surface area contributed by atoms with Gasteiger partial charge in [0, 0.05) is 23.7 Å². The van der Waals surface area contributed by atoms with Gasteiger partial charge in [0.25, 0.3) is 5.91 Å². The van der Waals surface area contributed by atoms with E-state index in [0.717, 1.165) is 12.1 Å². The fourth-order valence-corrected chi connectivity index (χ4v) is 5.31. The third kappa shape index (κ3) is 5.19. The van der Waals surface area contributed by atoms with Crippen molar-refractivity contribution in [3.05, 3.63) is 85.3 Å². The first-order valence-electron chi connectivity index (χ1n) is 9.99. The maximum atomic E-state index is 14.1. The molecule has 13 heteroatoms. The number of rotatable bonds is 5. The second kappa shape index (κ2) is 10.0. The van der Waals surface area contributed by atoms with Gasteiger partial charge in [-0.2, -0.15) is 0 Å². The van der Waals surface area contributed by atoms with E-state index in [-0.39, 0.29) is 31.3 Å². The average Bonchev–Trinajstić information content (AvgIpc) is 3.38. The molecule has 188 valence electrons. The summed E-state index contributed by atoms with van der Waals surface area (Å²) in [5.41, 5.74) is 5.05. The van der Waals surface area contributed by atoms with Crippen LogP contribution in [0.15, 0.2) is 42.5 Å². The first kappa shape index (κ1) is 27.0. The largest absolute Gasteiger partial charge is 0.396 e. The molecular formula is C23H13Cl6F2N3O2. The van der Waals surface area contributed by atoms with Gasteiger partial charge in [0.2, 0.25) is 5.91 Å². The standard InChI is InChI=1S/C23H13Cl6F2N3O2/c24-11-2-1-9(5-10(11)21(35)34-17-7-14(30)16(32)6-15(17)31)33-22(36)19-18(23(19,28)29)8-3-12(25)20(27)13(26)4-8/h1-7,18-19H,32H2,(H,33,36)(H,34,35)/t18?,19-/m1/s1. The van der Waals surface area contributed by atoms with Crippen LogP contribution in [0.25, 0.3) is 0 Å². The summed E-state index contributed by atoms with van der Waals surface area (Å²) >= 11 is 37.0. The zero-order valence-electron chi connectivity index (χ0n) is 17.6. The van der Waals surface area contributed by atoms with E-state index in [4.69, 9.17) is 75.3 Å². The lowest BCUT2D eigenvalue weighted by molar-refractivity contribution is -0.117. The number of nitrogens with one attached hydrogen (secondary N) is 2. The molecule has 1 aliphatic rings. The number of amides is 2. The van der Waals surface area contributed by atoms with Crippen molar-refractivity contribution in [3.63, 3.8) is 0 Å². The summed E-state index contributed by atoms with van der Waals surface area (Å²) in [6.45, 7) is 0. The second-order valence-electron chi connectivity index (χ2n) is 7.92. The molecular weight excluding hydrogens is 601 g/mol. The number of hydrogen-bond donors (Lipinski definition) is 3. The Labute approximate surface area is 233 Å². The minimum absolute atomic E-state index is 0.000559. The van der Waals surface area contributed by atoms with Gasteiger partial charge in [-0.25, -0.2) is 8.78 Å². The number of carbonyl (C=O) groups excluding carboxylic acids is 2. The molecule has 4 N–H and O–H groups in total. The van der Waals surface area contributed by atoms with Crippen molar-refractivity contribution in [1.29, 1.82) is 0 Å². The zero-order chi connectivity index (χ0) is 26.5. The number of nitrogen functional groups attached to an aromatic ring is 1. The molecule has 2 atom stereocenters. The highest BCUT2D eigenvalue weighted by Gasteiger charge is 2.67. The summed E-state index contributed by atoms with van der Waals surface area (Å²) < 4.78 is 26.3. The van der Waals surface area contributed by atoms with E-state index in [2.05, 4.69) is 10.6 Å². The lowest BCUT2D eigenvalue weighted by Crippen LogP contribution is -2.18. The summed E-state index contributed by atoms with van der Waals surface area (Å²) in [6.07, 6.45) is 0. The minimum Gasteiger partial charge on any atom is -0.396 e. The Morgan fingerprint density at radius 2 is 1.50 bits per heavy atom. The predicted octanol–water partition coefficient (Wildman–Crippen LogP) is 7.94. The van der Waals surface area contributed by atoms with E-state index in [9.17, 15) is 18.4 Å². The Hall–Kier alpha value is -2.00. The van der Waals surface area contributed by atoms with Crippen LogP contribution in [0.4, 0.5) is 25.8 Å². The number of halogens is 8. The quantitative estimate of drug-likeness (QED) is 0.155. The van der Waals surface area contributed by atoms with E-state index < -0.39 is 51.0 Å². The van der Waals surface area contributed by atoms with Crippen LogP contribution in [0, 0.1) is 17.6 Å². The van der Waals surface area contributed by atoms with E-state index in [1.54, 1.807) is 0 Å². The molecule has 0 radical (unpaired) electrons. The fourth-order valence-electron chi connectivity index (χ4n) is 3.67. The SMILES string of the molecule is Nc1cc(F)c(NC(=O)c2cc(NC(=O)[C@H]3C(c4cc(Cl)c(Cl)c(Cl)c4)C3(Cl)Cl)ccc2Cl)cc1F. The van der Waals surface area contributed by atoms with Crippen LogP contribution >= 0.6 is 69.6 Å². The van der Waals surface area contributed by atoms with E-state index in [0.29, 0.717) is 5.56 Å². The van der Waals surface area contributed by atoms with Gasteiger partial charge in [-0.15, -0.1) is 23.2 Å². The number of anilines is 3. The van der Waals surface area contributed by atoms with Crippen LogP contribution in [0.5, 0.6) is 0 Å². The van der Waals surface area contributed by atoms with Crippen molar-refractivity contribution in [2.45, 2.75) is 10.3 Å². The summed E-state index contributed by atoms with van der Waals surface area (Å²) in [6, 6.07) is 8.58. The van der Waals surface area contributed by atoms with E-state index in [1.165, 1.54) is 30.3 Å². The molecule has 3 aromatic rings. The van der Waals surface area contributed by atoms with Gasteiger partial charge in [0.15, 0.2) is 0 Å². The van der Waals surface area contributed by atoms with Gasteiger partial charge < -0.3 is 16.4 Å². The van der Waals surface area contributed by atoms with Gasteiger partial charge in [-0.3, -0.25) is 9.59 Å². The highest BCUT2D eigenvalue weighted by molar-refractivity contribution is 6.54. The molecule has 1 saturated carbocycles. The molecule has 0 aromatic heterocycles. The van der Waals surface area contributed by atoms with E-state index >= 15 is 0 Å². The molecule has 1 fully saturated rings. The first-order valence-corrected chi connectivity index (χ1v) is 12.3. The Morgan fingerprint density at radius 3 is 2.14 bits per heavy atom. The molecule has 5 nitrogen and oxygen atoms in total. The lowest BCUT2D eigenvalue weighted by atomic mass is 10.1. The maximum Gasteiger partial charge on any atom is 0.257 e. The van der Waals surface area contributed by atoms with Gasteiger partial charge in [0.05, 0.1) is 42.9 Å². The molecule has 1 aliphatic carbocycles. The monoisotopic (exact) mass is 611 g/mol. The molecule has 0 spiro atoms. The number of hydrogen-bond acceptors (Lipinski definition) is 3. The third-order valence-corrected chi connectivity index (χ3v) is 7.98. The molecule has 1 unspecified atom stereocenters. The number of alkyl halides is 2. The number of carbonyl (C=O) groups is 2. The van der Waals surface area contributed by atoms with Crippen LogP contribution < -0.4 is 16.4 Å². The molecule has 0 aliphatic heterocycles. The van der Waals surface area contributed by atoms with Crippen molar-refractivity contribution < 1.29 is 18.4 Å². The Balaban J connectivity index is 1.53. The Bertz CT molecular complexity index is 1400. The normalized spacial score (nSPS) is 18.0.